The van der Waals surface area contributed by atoms with Gasteiger partial charge in [0.1, 0.15) is 11.8 Å². The molecule has 0 spiro atoms. The number of nitrogens with one attached hydrogen (secondary N) is 2. The molecule has 0 radical (unpaired) electrons. The smallest absolute Gasteiger partial charge is 0.407 e. The van der Waals surface area contributed by atoms with Gasteiger partial charge in [0.2, 0.25) is 8.32 Å². The first kappa shape index (κ1) is 24.7. The molecule has 0 aliphatic carbocycles. The van der Waals surface area contributed by atoms with Crippen LogP contribution in [0.4, 0.5) is 4.79 Å². The summed E-state index contributed by atoms with van der Waals surface area (Å²) >= 11 is 0. The molecular formula is C21H35N3O4Si. The number of benzene rings is 1. The lowest BCUT2D eigenvalue weighted by Gasteiger charge is -2.36. The number of ether oxygens (including phenoxy) is 1. The van der Waals surface area contributed by atoms with Gasteiger partial charge in [-0.25, -0.2) is 10.2 Å². The fourth-order valence-electron chi connectivity index (χ4n) is 2.16. The van der Waals surface area contributed by atoms with Gasteiger partial charge in [-0.2, -0.15) is 5.10 Å². The Morgan fingerprint density at radius 1 is 1.07 bits per heavy atom. The number of hydrazone groups is 1. The quantitative estimate of drug-likeness (QED) is 0.407. The summed E-state index contributed by atoms with van der Waals surface area (Å²) < 4.78 is 10.8. The highest BCUT2D eigenvalue weighted by atomic mass is 28.4. The molecule has 7 nitrogen and oxygen atoms in total. The SMILES string of the molecule is COC(=O)NC(C(=O)N/N=C\c1ccc(O[Si](C)(C)C(C)(C)C)cc1)C(C)(C)C. The third kappa shape index (κ3) is 7.53. The Morgan fingerprint density at radius 2 is 1.62 bits per heavy atom. The van der Waals surface area contributed by atoms with E-state index in [9.17, 15) is 9.59 Å². The summed E-state index contributed by atoms with van der Waals surface area (Å²) in [7, 11) is -0.633. The molecule has 0 saturated heterocycles. The molecular weight excluding hydrogens is 386 g/mol. The molecule has 0 bridgehead atoms. The fourth-order valence-corrected chi connectivity index (χ4v) is 3.19. The Morgan fingerprint density at radius 3 is 2.07 bits per heavy atom. The van der Waals surface area contributed by atoms with Crippen LogP contribution in [0.1, 0.15) is 47.1 Å². The standard InChI is InChI=1S/C21H35N3O4Si/c1-20(2,3)17(23-19(26)27-7)18(25)24-22-14-15-10-12-16(13-11-15)28-29(8,9)21(4,5)6/h10-14,17H,1-9H3,(H,23,26)(H,24,25)/b22-14-. The molecule has 1 atom stereocenters. The minimum Gasteiger partial charge on any atom is -0.544 e. The molecule has 1 aromatic carbocycles. The average molecular weight is 422 g/mol. The molecule has 1 aromatic rings. The Hall–Kier alpha value is -2.35. The first-order chi connectivity index (χ1) is 13.2. The highest BCUT2D eigenvalue weighted by Crippen LogP contribution is 2.37. The van der Waals surface area contributed by atoms with Crippen LogP contribution < -0.4 is 15.2 Å². The maximum atomic E-state index is 12.4. The molecule has 1 rings (SSSR count). The van der Waals surface area contributed by atoms with Gasteiger partial charge in [-0.1, -0.05) is 41.5 Å². The van der Waals surface area contributed by atoms with E-state index < -0.39 is 31.8 Å². The summed E-state index contributed by atoms with van der Waals surface area (Å²) in [5.41, 5.74) is 2.79. The van der Waals surface area contributed by atoms with Crippen molar-refractivity contribution in [3.63, 3.8) is 0 Å². The van der Waals surface area contributed by atoms with E-state index in [1.54, 1.807) is 6.21 Å². The number of methoxy groups -OCH3 is 1. The van der Waals surface area contributed by atoms with E-state index >= 15 is 0 Å². The van der Waals surface area contributed by atoms with E-state index in [0.29, 0.717) is 0 Å². The molecule has 1 unspecified atom stereocenters. The number of amides is 2. The molecule has 29 heavy (non-hydrogen) atoms. The van der Waals surface area contributed by atoms with Crippen LogP contribution in [0.15, 0.2) is 29.4 Å². The third-order valence-corrected chi connectivity index (χ3v) is 9.38. The average Bonchev–Trinajstić information content (AvgIpc) is 2.58. The summed E-state index contributed by atoms with van der Waals surface area (Å²) in [6, 6.07) is 6.78. The zero-order valence-corrected chi connectivity index (χ0v) is 20.0. The molecule has 0 aliphatic heterocycles. The van der Waals surface area contributed by atoms with E-state index in [-0.39, 0.29) is 5.04 Å². The van der Waals surface area contributed by atoms with Crippen molar-refractivity contribution in [1.29, 1.82) is 0 Å². The first-order valence-electron chi connectivity index (χ1n) is 9.64. The molecule has 8 heteroatoms. The van der Waals surface area contributed by atoms with Crippen LogP contribution in [0.3, 0.4) is 0 Å². The van der Waals surface area contributed by atoms with Gasteiger partial charge in [-0.05, 0) is 53.4 Å². The summed E-state index contributed by atoms with van der Waals surface area (Å²) in [5, 5.41) is 6.66. The molecule has 162 valence electrons. The van der Waals surface area contributed by atoms with Crippen molar-refractivity contribution in [2.75, 3.05) is 7.11 Å². The van der Waals surface area contributed by atoms with E-state index in [4.69, 9.17) is 4.43 Å². The van der Waals surface area contributed by atoms with Gasteiger partial charge in [0.15, 0.2) is 0 Å². The van der Waals surface area contributed by atoms with Crippen molar-refractivity contribution in [2.45, 2.75) is 65.7 Å². The minimum absolute atomic E-state index is 0.124. The van der Waals surface area contributed by atoms with Crippen LogP contribution in [0.5, 0.6) is 5.75 Å². The Labute approximate surface area is 175 Å². The van der Waals surface area contributed by atoms with Crippen molar-refractivity contribution >= 4 is 26.5 Å². The van der Waals surface area contributed by atoms with Crippen LogP contribution >= 0.6 is 0 Å². The third-order valence-electron chi connectivity index (χ3n) is 5.02. The van der Waals surface area contributed by atoms with Crippen LogP contribution in [0.25, 0.3) is 0 Å². The zero-order chi connectivity index (χ0) is 22.5. The predicted octanol–water partition coefficient (Wildman–Crippen LogP) is 4.29. The second kappa shape index (κ2) is 9.43. The molecule has 2 amide bonds. The first-order valence-corrected chi connectivity index (χ1v) is 12.5. The van der Waals surface area contributed by atoms with E-state index in [2.05, 4.69) is 54.4 Å². The molecule has 2 N–H and O–H groups in total. The number of hydrogen-bond acceptors (Lipinski definition) is 5. The number of alkyl carbamates (subject to hydrolysis) is 1. The fraction of sp³-hybridized carbons (Fsp3) is 0.571. The Bertz CT molecular complexity index is 732. The summed E-state index contributed by atoms with van der Waals surface area (Å²) in [6.07, 6.45) is 0.882. The lowest BCUT2D eigenvalue weighted by atomic mass is 9.86. The lowest BCUT2D eigenvalue weighted by molar-refractivity contribution is -0.125. The van der Waals surface area contributed by atoms with Gasteiger partial charge in [-0.3, -0.25) is 4.79 Å². The maximum Gasteiger partial charge on any atom is 0.407 e. The van der Waals surface area contributed by atoms with Crippen molar-refractivity contribution < 1.29 is 18.8 Å². The van der Waals surface area contributed by atoms with Gasteiger partial charge < -0.3 is 14.5 Å². The van der Waals surface area contributed by atoms with Gasteiger partial charge in [-0.15, -0.1) is 0 Å². The van der Waals surface area contributed by atoms with Gasteiger partial charge in [0.25, 0.3) is 5.91 Å². The van der Waals surface area contributed by atoms with Crippen molar-refractivity contribution in [3.8, 4) is 5.75 Å². The molecule has 0 saturated carbocycles. The van der Waals surface area contributed by atoms with E-state index in [0.717, 1.165) is 11.3 Å². The van der Waals surface area contributed by atoms with Crippen molar-refractivity contribution in [1.82, 2.24) is 10.7 Å². The van der Waals surface area contributed by atoms with E-state index in [1.165, 1.54) is 7.11 Å². The maximum absolute atomic E-state index is 12.4. The Balaban J connectivity index is 2.76. The van der Waals surface area contributed by atoms with Crippen LogP contribution in [-0.4, -0.2) is 39.7 Å². The summed E-state index contributed by atoms with van der Waals surface area (Å²) in [6.45, 7) is 16.5. The van der Waals surface area contributed by atoms with Gasteiger partial charge in [0, 0.05) is 0 Å². The summed E-state index contributed by atoms with van der Waals surface area (Å²) in [4.78, 5) is 23.9. The number of carbonyl (C=O) groups excluding carboxylic acids is 2. The zero-order valence-electron chi connectivity index (χ0n) is 19.0. The monoisotopic (exact) mass is 421 g/mol. The Kier molecular flexibility index (Phi) is 8.03. The second-order valence-electron chi connectivity index (χ2n) is 9.60. The molecule has 0 fully saturated rings. The largest absolute Gasteiger partial charge is 0.544 e. The minimum atomic E-state index is -1.89. The van der Waals surface area contributed by atoms with E-state index in [1.807, 2.05) is 45.0 Å². The predicted molar refractivity (Wildman–Crippen MR) is 119 cm³/mol. The second-order valence-corrected chi connectivity index (χ2v) is 14.3. The van der Waals surface area contributed by atoms with Crippen molar-refractivity contribution in [2.24, 2.45) is 10.5 Å². The molecule has 0 heterocycles. The van der Waals surface area contributed by atoms with Crippen molar-refractivity contribution in [3.05, 3.63) is 29.8 Å². The normalized spacial score (nSPS) is 13.7. The van der Waals surface area contributed by atoms with Gasteiger partial charge >= 0.3 is 6.09 Å². The molecule has 0 aromatic heterocycles. The highest BCUT2D eigenvalue weighted by Gasteiger charge is 2.39. The summed E-state index contributed by atoms with van der Waals surface area (Å²) in [5.74, 6) is 0.407. The number of nitrogens with zero attached hydrogens (tertiary/aromatic N) is 1. The molecule has 0 aliphatic rings. The number of carbonyl (C=O) groups is 2. The number of hydrogen-bond donors (Lipinski definition) is 2. The lowest BCUT2D eigenvalue weighted by Crippen LogP contribution is -2.52. The van der Waals surface area contributed by atoms with Crippen LogP contribution in [0, 0.1) is 5.41 Å². The van der Waals surface area contributed by atoms with Crippen LogP contribution in [-0.2, 0) is 9.53 Å². The van der Waals surface area contributed by atoms with Crippen LogP contribution in [0.2, 0.25) is 18.1 Å². The number of rotatable bonds is 6. The highest BCUT2D eigenvalue weighted by molar-refractivity contribution is 6.74. The topological polar surface area (TPSA) is 89.0 Å². The van der Waals surface area contributed by atoms with Gasteiger partial charge in [0.05, 0.1) is 13.3 Å².